The fourth-order valence-electron chi connectivity index (χ4n) is 2.57. The Kier molecular flexibility index (Phi) is 6.78. The van der Waals surface area contributed by atoms with Crippen LogP contribution >= 0.6 is 11.6 Å². The molecule has 8 nitrogen and oxygen atoms in total. The van der Waals surface area contributed by atoms with Crippen molar-refractivity contribution in [1.82, 2.24) is 5.43 Å². The van der Waals surface area contributed by atoms with Crippen molar-refractivity contribution in [2.45, 2.75) is 4.90 Å². The number of halogens is 1. The van der Waals surface area contributed by atoms with Crippen LogP contribution in [-0.2, 0) is 10.0 Å². The first-order chi connectivity index (χ1) is 14.8. The van der Waals surface area contributed by atoms with Crippen LogP contribution in [0.15, 0.2) is 76.7 Å². The first-order valence-corrected chi connectivity index (χ1v) is 10.7. The summed E-state index contributed by atoms with van der Waals surface area (Å²) in [5, 5.41) is 14.1. The van der Waals surface area contributed by atoms with Crippen molar-refractivity contribution in [3.8, 4) is 11.5 Å². The molecule has 0 saturated heterocycles. The zero-order valence-electron chi connectivity index (χ0n) is 16.2. The van der Waals surface area contributed by atoms with Gasteiger partial charge in [-0.15, -0.1) is 0 Å². The van der Waals surface area contributed by atoms with Crippen LogP contribution < -0.4 is 14.9 Å². The molecule has 160 valence electrons. The van der Waals surface area contributed by atoms with Crippen molar-refractivity contribution in [1.29, 1.82) is 0 Å². The van der Waals surface area contributed by atoms with Crippen molar-refractivity contribution < 1.29 is 23.1 Å². The van der Waals surface area contributed by atoms with E-state index in [0.717, 1.165) is 0 Å². The molecule has 3 aromatic rings. The number of nitrogens with zero attached hydrogens (tertiary/aromatic N) is 1. The van der Waals surface area contributed by atoms with Crippen molar-refractivity contribution >= 4 is 39.4 Å². The molecule has 0 atom stereocenters. The normalized spacial score (nSPS) is 11.3. The molecule has 3 aromatic carbocycles. The average Bonchev–Trinajstić information content (AvgIpc) is 2.75. The highest BCUT2D eigenvalue weighted by Crippen LogP contribution is 2.22. The van der Waals surface area contributed by atoms with Gasteiger partial charge in [-0.2, -0.15) is 5.10 Å². The highest BCUT2D eigenvalue weighted by atomic mass is 35.5. The number of carbonyl (C=O) groups excluding carboxylic acids is 1. The number of hydrogen-bond acceptors (Lipinski definition) is 6. The lowest BCUT2D eigenvalue weighted by Crippen LogP contribution is -2.21. The van der Waals surface area contributed by atoms with E-state index in [2.05, 4.69) is 15.2 Å². The fraction of sp³-hybridized carbons (Fsp3) is 0.0476. The van der Waals surface area contributed by atoms with Gasteiger partial charge in [0.1, 0.15) is 11.5 Å². The number of phenolic OH excluding ortho intramolecular Hbond substituents is 1. The molecule has 0 bridgehead atoms. The minimum Gasteiger partial charge on any atom is -0.507 e. The van der Waals surface area contributed by atoms with Gasteiger partial charge in [0, 0.05) is 10.6 Å². The van der Waals surface area contributed by atoms with Crippen LogP contribution in [0, 0.1) is 0 Å². The van der Waals surface area contributed by atoms with E-state index >= 15 is 0 Å². The van der Waals surface area contributed by atoms with Crippen molar-refractivity contribution in [3.05, 3.63) is 82.9 Å². The molecule has 10 heteroatoms. The quantitative estimate of drug-likeness (QED) is 0.368. The topological polar surface area (TPSA) is 117 Å². The highest BCUT2D eigenvalue weighted by molar-refractivity contribution is 7.92. The summed E-state index contributed by atoms with van der Waals surface area (Å²) in [6.07, 6.45) is 1.25. The monoisotopic (exact) mass is 459 g/mol. The molecule has 3 N–H and O–H groups in total. The van der Waals surface area contributed by atoms with Crippen LogP contribution in [0.5, 0.6) is 11.5 Å². The lowest BCUT2D eigenvalue weighted by molar-refractivity contribution is 0.0956. The minimum atomic E-state index is -3.94. The second kappa shape index (κ2) is 9.50. The van der Waals surface area contributed by atoms with E-state index < -0.39 is 15.9 Å². The standard InChI is InChI=1S/C21H18ClN3O5S/c1-30-16-8-11-20(26)14(12-16)13-23-24-21(27)18-4-2-3-5-19(18)25-31(28,29)17-9-6-15(22)7-10-17/h2-13,25-26H,1H3,(H,24,27). The molecule has 0 aromatic heterocycles. The molecule has 0 aliphatic rings. The van der Waals surface area contributed by atoms with Gasteiger partial charge < -0.3 is 9.84 Å². The summed E-state index contributed by atoms with van der Waals surface area (Å²) >= 11 is 5.80. The van der Waals surface area contributed by atoms with E-state index in [-0.39, 0.29) is 21.9 Å². The Morgan fingerprint density at radius 2 is 1.81 bits per heavy atom. The molecule has 0 radical (unpaired) electrons. The second-order valence-corrected chi connectivity index (χ2v) is 8.35. The molecular formula is C21H18ClN3O5S. The van der Waals surface area contributed by atoms with E-state index in [1.54, 1.807) is 24.3 Å². The number of amides is 1. The number of aromatic hydroxyl groups is 1. The third-order valence-electron chi connectivity index (χ3n) is 4.14. The molecule has 0 aliphatic carbocycles. The minimum absolute atomic E-state index is 0.00127. The number of anilines is 1. The summed E-state index contributed by atoms with van der Waals surface area (Å²) in [5.74, 6) is -0.185. The summed E-state index contributed by atoms with van der Waals surface area (Å²) in [6, 6.07) is 16.3. The molecule has 0 spiro atoms. The van der Waals surface area contributed by atoms with Crippen LogP contribution in [0.1, 0.15) is 15.9 Å². The summed E-state index contributed by atoms with van der Waals surface area (Å²) in [5.41, 5.74) is 2.78. The van der Waals surface area contributed by atoms with Gasteiger partial charge in [-0.1, -0.05) is 23.7 Å². The van der Waals surface area contributed by atoms with Gasteiger partial charge >= 0.3 is 0 Å². The van der Waals surface area contributed by atoms with E-state index in [4.69, 9.17) is 16.3 Å². The number of ether oxygens (including phenoxy) is 1. The molecule has 0 unspecified atom stereocenters. The van der Waals surface area contributed by atoms with Crippen LogP contribution in [0.2, 0.25) is 5.02 Å². The largest absolute Gasteiger partial charge is 0.507 e. The summed E-state index contributed by atoms with van der Waals surface area (Å²) in [7, 11) is -2.45. The predicted octanol–water partition coefficient (Wildman–Crippen LogP) is 3.62. The second-order valence-electron chi connectivity index (χ2n) is 6.23. The Balaban J connectivity index is 1.78. The number of sulfonamides is 1. The van der Waals surface area contributed by atoms with Gasteiger partial charge in [0.25, 0.3) is 15.9 Å². The number of phenols is 1. The zero-order chi connectivity index (χ0) is 22.4. The molecule has 0 aliphatic heterocycles. The van der Waals surface area contributed by atoms with Crippen molar-refractivity contribution in [3.63, 3.8) is 0 Å². The molecular weight excluding hydrogens is 442 g/mol. The summed E-state index contributed by atoms with van der Waals surface area (Å²) in [6.45, 7) is 0. The number of rotatable bonds is 7. The fourth-order valence-corrected chi connectivity index (χ4v) is 3.78. The Labute approximate surface area is 184 Å². The number of para-hydroxylation sites is 1. The maximum absolute atomic E-state index is 12.6. The lowest BCUT2D eigenvalue weighted by Gasteiger charge is -2.12. The molecule has 0 heterocycles. The number of carbonyl (C=O) groups is 1. The SMILES string of the molecule is COc1ccc(O)c(C=NNC(=O)c2ccccc2NS(=O)(=O)c2ccc(Cl)cc2)c1. The molecule has 0 saturated carbocycles. The number of hydrogen-bond donors (Lipinski definition) is 3. The molecule has 31 heavy (non-hydrogen) atoms. The Morgan fingerprint density at radius 3 is 2.52 bits per heavy atom. The maximum atomic E-state index is 12.6. The number of benzene rings is 3. The molecule has 1 amide bonds. The Bertz CT molecular complexity index is 1230. The van der Waals surface area contributed by atoms with Gasteiger partial charge in [0.05, 0.1) is 29.5 Å². The average molecular weight is 460 g/mol. The molecule has 3 rings (SSSR count). The van der Waals surface area contributed by atoms with Crippen LogP contribution in [0.3, 0.4) is 0 Å². The van der Waals surface area contributed by atoms with Crippen LogP contribution in [-0.4, -0.2) is 32.8 Å². The summed E-state index contributed by atoms with van der Waals surface area (Å²) < 4.78 is 32.7. The lowest BCUT2D eigenvalue weighted by atomic mass is 10.2. The number of methoxy groups -OCH3 is 1. The highest BCUT2D eigenvalue weighted by Gasteiger charge is 2.18. The first kappa shape index (κ1) is 22.1. The van der Waals surface area contributed by atoms with E-state index in [0.29, 0.717) is 16.3 Å². The van der Waals surface area contributed by atoms with Crippen LogP contribution in [0.4, 0.5) is 5.69 Å². The van der Waals surface area contributed by atoms with Gasteiger partial charge in [-0.05, 0) is 54.6 Å². The van der Waals surface area contributed by atoms with Gasteiger partial charge in [-0.25, -0.2) is 13.8 Å². The Morgan fingerprint density at radius 1 is 1.10 bits per heavy atom. The van der Waals surface area contributed by atoms with Crippen molar-refractivity contribution in [2.24, 2.45) is 5.10 Å². The number of nitrogens with one attached hydrogen (secondary N) is 2. The van der Waals surface area contributed by atoms with Gasteiger partial charge in [0.2, 0.25) is 0 Å². The third-order valence-corrected chi connectivity index (χ3v) is 5.78. The van der Waals surface area contributed by atoms with Gasteiger partial charge in [0.15, 0.2) is 0 Å². The number of hydrazone groups is 1. The third kappa shape index (κ3) is 5.53. The van der Waals surface area contributed by atoms with Crippen molar-refractivity contribution in [2.75, 3.05) is 11.8 Å². The smallest absolute Gasteiger partial charge is 0.273 e. The zero-order valence-corrected chi connectivity index (χ0v) is 17.8. The van der Waals surface area contributed by atoms with Crippen LogP contribution in [0.25, 0.3) is 0 Å². The molecule has 0 fully saturated rings. The van der Waals surface area contributed by atoms with E-state index in [1.165, 1.54) is 55.8 Å². The first-order valence-electron chi connectivity index (χ1n) is 8.88. The van der Waals surface area contributed by atoms with E-state index in [9.17, 15) is 18.3 Å². The summed E-state index contributed by atoms with van der Waals surface area (Å²) in [4.78, 5) is 12.6. The Hall–Kier alpha value is -3.56. The van der Waals surface area contributed by atoms with Gasteiger partial charge in [-0.3, -0.25) is 9.52 Å². The van der Waals surface area contributed by atoms with E-state index in [1.807, 2.05) is 0 Å². The maximum Gasteiger partial charge on any atom is 0.273 e. The predicted molar refractivity (Wildman–Crippen MR) is 118 cm³/mol.